The molecule has 0 amide bonds. The Kier molecular flexibility index (Phi) is 2.61. The summed E-state index contributed by atoms with van der Waals surface area (Å²) in [4.78, 5) is 10.8. The normalized spacial score (nSPS) is 26.2. The number of carbonyl (C=O) groups is 1. The lowest BCUT2D eigenvalue weighted by Crippen LogP contribution is -2.38. The lowest BCUT2D eigenvalue weighted by molar-refractivity contribution is -0.172. The van der Waals surface area contributed by atoms with Crippen LogP contribution >= 0.6 is 0 Å². The number of aldehydes is 1. The summed E-state index contributed by atoms with van der Waals surface area (Å²) in [5.74, 6) is -7.92. The van der Waals surface area contributed by atoms with Crippen molar-refractivity contribution in [2.75, 3.05) is 19.6 Å². The van der Waals surface area contributed by atoms with Crippen LogP contribution in [0.1, 0.15) is 6.42 Å². The van der Waals surface area contributed by atoms with Gasteiger partial charge < -0.3 is 4.79 Å². The standard InChI is InChI=1S/C7H9F4NO/c8-6(9)4-12(2-1-3-13)5-7(6,10)11/h3H,1-2,4-5H2. The molecule has 0 radical (unpaired) electrons. The maximum absolute atomic E-state index is 12.5. The summed E-state index contributed by atoms with van der Waals surface area (Å²) in [6, 6.07) is 0. The van der Waals surface area contributed by atoms with Crippen molar-refractivity contribution in [3.8, 4) is 0 Å². The van der Waals surface area contributed by atoms with Gasteiger partial charge in [-0.2, -0.15) is 17.6 Å². The largest absolute Gasteiger partial charge is 0.323 e. The molecule has 0 spiro atoms. The van der Waals surface area contributed by atoms with Crippen LogP contribution in [-0.2, 0) is 4.79 Å². The Balaban J connectivity index is 2.54. The van der Waals surface area contributed by atoms with E-state index in [1.54, 1.807) is 0 Å². The number of hydrogen-bond acceptors (Lipinski definition) is 2. The zero-order valence-electron chi connectivity index (χ0n) is 6.77. The third kappa shape index (κ3) is 1.99. The average Bonchev–Trinajstić information content (AvgIpc) is 2.17. The van der Waals surface area contributed by atoms with Crippen LogP contribution in [0.25, 0.3) is 0 Å². The Bertz CT molecular complexity index is 191. The summed E-state index contributed by atoms with van der Waals surface area (Å²) in [5, 5.41) is 0. The molecule has 1 saturated heterocycles. The molecule has 1 heterocycles. The van der Waals surface area contributed by atoms with Crippen molar-refractivity contribution in [1.29, 1.82) is 0 Å². The van der Waals surface area contributed by atoms with Gasteiger partial charge in [0.25, 0.3) is 0 Å². The summed E-state index contributed by atoms with van der Waals surface area (Å²) in [7, 11) is 0. The molecule has 0 aliphatic carbocycles. The van der Waals surface area contributed by atoms with Crippen molar-refractivity contribution < 1.29 is 22.4 Å². The van der Waals surface area contributed by atoms with Gasteiger partial charge in [-0.15, -0.1) is 0 Å². The van der Waals surface area contributed by atoms with Crippen molar-refractivity contribution in [2.24, 2.45) is 0 Å². The summed E-state index contributed by atoms with van der Waals surface area (Å²) in [5.41, 5.74) is 0. The van der Waals surface area contributed by atoms with Gasteiger partial charge >= 0.3 is 11.8 Å². The zero-order chi connectivity index (χ0) is 10.1. The van der Waals surface area contributed by atoms with E-state index in [2.05, 4.69) is 0 Å². The van der Waals surface area contributed by atoms with E-state index in [4.69, 9.17) is 0 Å². The molecule has 13 heavy (non-hydrogen) atoms. The van der Waals surface area contributed by atoms with Crippen molar-refractivity contribution in [3.63, 3.8) is 0 Å². The number of halogens is 4. The number of carbonyl (C=O) groups excluding carboxylic acids is 1. The Hall–Kier alpha value is -0.650. The first kappa shape index (κ1) is 10.4. The van der Waals surface area contributed by atoms with Crippen molar-refractivity contribution >= 4 is 6.29 Å². The average molecular weight is 199 g/mol. The molecule has 0 bridgehead atoms. The maximum atomic E-state index is 12.5. The van der Waals surface area contributed by atoms with E-state index in [1.807, 2.05) is 0 Å². The molecular weight excluding hydrogens is 190 g/mol. The SMILES string of the molecule is O=CCCN1CC(F)(F)C(F)(F)C1. The predicted octanol–water partition coefficient (Wildman–Crippen LogP) is 1.16. The van der Waals surface area contributed by atoms with Gasteiger partial charge in [0, 0.05) is 13.0 Å². The number of hydrogen-bond donors (Lipinski definition) is 0. The fourth-order valence-corrected chi connectivity index (χ4v) is 1.24. The second kappa shape index (κ2) is 3.25. The van der Waals surface area contributed by atoms with Crippen LogP contribution in [0.15, 0.2) is 0 Å². The first-order valence-corrected chi connectivity index (χ1v) is 3.81. The minimum atomic E-state index is -3.96. The zero-order valence-corrected chi connectivity index (χ0v) is 6.77. The molecule has 0 aromatic heterocycles. The predicted molar refractivity (Wildman–Crippen MR) is 37.0 cm³/mol. The number of alkyl halides is 4. The van der Waals surface area contributed by atoms with Crippen LogP contribution in [0.4, 0.5) is 17.6 Å². The van der Waals surface area contributed by atoms with E-state index in [0.717, 1.165) is 4.90 Å². The highest BCUT2D eigenvalue weighted by Crippen LogP contribution is 2.40. The first-order chi connectivity index (χ1) is 5.89. The Morgan fingerprint density at radius 2 is 1.62 bits per heavy atom. The smallest absolute Gasteiger partial charge is 0.303 e. The minimum absolute atomic E-state index is 0.00611. The van der Waals surface area contributed by atoms with E-state index < -0.39 is 24.9 Å². The molecule has 1 aliphatic rings. The second-order valence-electron chi connectivity index (χ2n) is 3.07. The fraction of sp³-hybridized carbons (Fsp3) is 0.857. The monoisotopic (exact) mass is 199 g/mol. The van der Waals surface area contributed by atoms with Gasteiger partial charge in [0.05, 0.1) is 13.1 Å². The van der Waals surface area contributed by atoms with Gasteiger partial charge in [-0.05, 0) is 0 Å². The number of nitrogens with zero attached hydrogens (tertiary/aromatic N) is 1. The van der Waals surface area contributed by atoms with Gasteiger partial charge in [-0.25, -0.2) is 0 Å². The number of likely N-dealkylation sites (tertiary alicyclic amines) is 1. The van der Waals surface area contributed by atoms with Crippen LogP contribution in [-0.4, -0.2) is 42.7 Å². The molecule has 2 nitrogen and oxygen atoms in total. The highest BCUT2D eigenvalue weighted by molar-refractivity contribution is 5.49. The molecule has 1 aliphatic heterocycles. The molecule has 0 saturated carbocycles. The quantitative estimate of drug-likeness (QED) is 0.502. The van der Waals surface area contributed by atoms with E-state index in [1.165, 1.54) is 0 Å². The molecule has 1 rings (SSSR count). The molecule has 0 atom stereocenters. The molecule has 1 fully saturated rings. The molecule has 76 valence electrons. The first-order valence-electron chi connectivity index (χ1n) is 3.81. The molecular formula is C7H9F4NO. The van der Waals surface area contributed by atoms with Crippen molar-refractivity contribution in [3.05, 3.63) is 0 Å². The highest BCUT2D eigenvalue weighted by Gasteiger charge is 2.62. The molecule has 0 unspecified atom stereocenters. The highest BCUT2D eigenvalue weighted by atomic mass is 19.3. The van der Waals surface area contributed by atoms with Gasteiger partial charge in [0.2, 0.25) is 0 Å². The van der Waals surface area contributed by atoms with Crippen LogP contribution < -0.4 is 0 Å². The third-order valence-electron chi connectivity index (χ3n) is 1.94. The molecule has 6 heteroatoms. The number of rotatable bonds is 3. The minimum Gasteiger partial charge on any atom is -0.303 e. The van der Waals surface area contributed by atoms with Crippen LogP contribution in [0, 0.1) is 0 Å². The summed E-state index contributed by atoms with van der Waals surface area (Å²) < 4.78 is 50.1. The Morgan fingerprint density at radius 3 is 2.00 bits per heavy atom. The van der Waals surface area contributed by atoms with Gasteiger partial charge in [0.1, 0.15) is 6.29 Å². The summed E-state index contributed by atoms with van der Waals surface area (Å²) >= 11 is 0. The van der Waals surface area contributed by atoms with E-state index in [0.29, 0.717) is 6.29 Å². The fourth-order valence-electron chi connectivity index (χ4n) is 1.24. The van der Waals surface area contributed by atoms with Crippen molar-refractivity contribution in [2.45, 2.75) is 18.3 Å². The van der Waals surface area contributed by atoms with Crippen molar-refractivity contribution in [1.82, 2.24) is 4.90 Å². The van der Waals surface area contributed by atoms with Crippen LogP contribution in [0.2, 0.25) is 0 Å². The Morgan fingerprint density at radius 1 is 1.15 bits per heavy atom. The third-order valence-corrected chi connectivity index (χ3v) is 1.94. The Labute approximate surface area is 72.5 Å². The van der Waals surface area contributed by atoms with Crippen LogP contribution in [0.3, 0.4) is 0 Å². The second-order valence-corrected chi connectivity index (χ2v) is 3.07. The van der Waals surface area contributed by atoms with E-state index in [-0.39, 0.29) is 13.0 Å². The lowest BCUT2D eigenvalue weighted by atomic mass is 10.2. The molecule has 0 N–H and O–H groups in total. The molecule has 0 aromatic carbocycles. The van der Waals surface area contributed by atoms with Gasteiger partial charge in [0.15, 0.2) is 0 Å². The maximum Gasteiger partial charge on any atom is 0.323 e. The van der Waals surface area contributed by atoms with E-state index >= 15 is 0 Å². The van der Waals surface area contributed by atoms with Gasteiger partial charge in [-0.3, -0.25) is 4.90 Å². The summed E-state index contributed by atoms with van der Waals surface area (Å²) in [6.07, 6.45) is 0.529. The lowest BCUT2D eigenvalue weighted by Gasteiger charge is -2.15. The van der Waals surface area contributed by atoms with Crippen LogP contribution in [0.5, 0.6) is 0 Å². The topological polar surface area (TPSA) is 20.3 Å². The van der Waals surface area contributed by atoms with E-state index in [9.17, 15) is 22.4 Å². The molecule has 0 aromatic rings. The summed E-state index contributed by atoms with van der Waals surface area (Å²) in [6.45, 7) is -1.96. The van der Waals surface area contributed by atoms with Gasteiger partial charge in [-0.1, -0.05) is 0 Å².